The van der Waals surface area contributed by atoms with E-state index in [0.29, 0.717) is 5.76 Å². The highest BCUT2D eigenvalue weighted by molar-refractivity contribution is 5.60. The van der Waals surface area contributed by atoms with Crippen LogP contribution in [0.2, 0.25) is 0 Å². The Kier molecular flexibility index (Phi) is 2.20. The van der Waals surface area contributed by atoms with Gasteiger partial charge >= 0.3 is 6.22 Å². The Bertz CT molecular complexity index is 194. The van der Waals surface area contributed by atoms with Crippen molar-refractivity contribution in [3.63, 3.8) is 0 Å². The fourth-order valence-electron chi connectivity index (χ4n) is 0.758. The molecule has 1 aliphatic rings. The summed E-state index contributed by atoms with van der Waals surface area (Å²) in [5.74, 6) is 0.304. The fraction of sp³-hybridized carbons (Fsp3) is 0.286. The molecule has 0 aliphatic heterocycles. The monoisotopic (exact) mass is 142 g/mol. The fourth-order valence-corrected chi connectivity index (χ4v) is 0.758. The van der Waals surface area contributed by atoms with Gasteiger partial charge in [-0.2, -0.15) is 0 Å². The van der Waals surface area contributed by atoms with E-state index in [-0.39, 0.29) is 0 Å². The van der Waals surface area contributed by atoms with E-state index in [2.05, 4.69) is 4.74 Å². The van der Waals surface area contributed by atoms with E-state index in [1.807, 2.05) is 6.08 Å². The van der Waals surface area contributed by atoms with Gasteiger partial charge in [-0.05, 0) is 25.0 Å². The first kappa shape index (κ1) is 6.99. The summed E-state index contributed by atoms with van der Waals surface area (Å²) in [5.41, 5.74) is 0. The predicted octanol–water partition coefficient (Wildman–Crippen LogP) is 2.33. The van der Waals surface area contributed by atoms with Crippen molar-refractivity contribution >= 4 is 6.22 Å². The highest BCUT2D eigenvalue weighted by atomic mass is 19.1. The lowest BCUT2D eigenvalue weighted by atomic mass is 10.2. The normalized spacial score (nSPS) is 16.3. The van der Waals surface area contributed by atoms with Crippen LogP contribution < -0.4 is 0 Å². The van der Waals surface area contributed by atoms with Crippen molar-refractivity contribution < 1.29 is 13.9 Å². The van der Waals surface area contributed by atoms with E-state index in [1.165, 1.54) is 0 Å². The van der Waals surface area contributed by atoms with Crippen molar-refractivity contribution in [2.45, 2.75) is 12.8 Å². The lowest BCUT2D eigenvalue weighted by molar-refractivity contribution is 0.152. The van der Waals surface area contributed by atoms with Crippen LogP contribution in [0.1, 0.15) is 12.8 Å². The lowest BCUT2D eigenvalue weighted by Crippen LogP contribution is -1.94. The van der Waals surface area contributed by atoms with Crippen LogP contribution in [-0.4, -0.2) is 6.22 Å². The predicted molar refractivity (Wildman–Crippen MR) is 34.0 cm³/mol. The molecule has 0 spiro atoms. The van der Waals surface area contributed by atoms with Gasteiger partial charge in [0.25, 0.3) is 0 Å². The smallest absolute Gasteiger partial charge is 0.401 e. The van der Waals surface area contributed by atoms with Gasteiger partial charge in [0, 0.05) is 0 Å². The average Bonchev–Trinajstić information content (AvgIpc) is 1.88. The van der Waals surface area contributed by atoms with E-state index in [0.717, 1.165) is 12.8 Å². The first-order valence-corrected chi connectivity index (χ1v) is 3.03. The molecule has 54 valence electrons. The van der Waals surface area contributed by atoms with Gasteiger partial charge in [0.05, 0.1) is 0 Å². The molecule has 0 atom stereocenters. The summed E-state index contributed by atoms with van der Waals surface area (Å²) in [5, 5.41) is 0. The highest BCUT2D eigenvalue weighted by Crippen LogP contribution is 2.10. The summed E-state index contributed by atoms with van der Waals surface area (Å²) in [6, 6.07) is 0. The Morgan fingerprint density at radius 3 is 2.90 bits per heavy atom. The second-order valence-electron chi connectivity index (χ2n) is 1.93. The molecule has 0 bridgehead atoms. The number of allylic oxidation sites excluding steroid dienone is 3. The Balaban J connectivity index is 2.48. The van der Waals surface area contributed by atoms with Gasteiger partial charge < -0.3 is 4.74 Å². The second kappa shape index (κ2) is 3.15. The van der Waals surface area contributed by atoms with Crippen LogP contribution in [0.25, 0.3) is 0 Å². The van der Waals surface area contributed by atoms with Crippen molar-refractivity contribution in [2.75, 3.05) is 0 Å². The van der Waals surface area contributed by atoms with Crippen LogP contribution in [0, 0.1) is 0 Å². The van der Waals surface area contributed by atoms with Crippen molar-refractivity contribution in [3.8, 4) is 0 Å². The number of ether oxygens (including phenoxy) is 1. The summed E-state index contributed by atoms with van der Waals surface area (Å²) in [4.78, 5) is 9.75. The average molecular weight is 142 g/mol. The second-order valence-corrected chi connectivity index (χ2v) is 1.93. The van der Waals surface area contributed by atoms with E-state index in [4.69, 9.17) is 0 Å². The molecule has 0 aromatic heterocycles. The van der Waals surface area contributed by atoms with E-state index in [1.54, 1.807) is 12.2 Å². The van der Waals surface area contributed by atoms with Gasteiger partial charge in [0.2, 0.25) is 0 Å². The number of hydrogen-bond acceptors (Lipinski definition) is 2. The molecule has 1 aliphatic carbocycles. The van der Waals surface area contributed by atoms with Crippen LogP contribution in [0.3, 0.4) is 0 Å². The molecule has 0 radical (unpaired) electrons. The summed E-state index contributed by atoms with van der Waals surface area (Å²) in [6.07, 6.45) is 5.07. The number of hydrogen-bond donors (Lipinski definition) is 0. The first-order valence-electron chi connectivity index (χ1n) is 3.03. The lowest BCUT2D eigenvalue weighted by Gasteiger charge is -2.02. The van der Waals surface area contributed by atoms with Crippen LogP contribution in [0.15, 0.2) is 24.0 Å². The SMILES string of the molecule is O=C(F)OC1=CCCC=C1. The van der Waals surface area contributed by atoms with E-state index in [9.17, 15) is 9.18 Å². The van der Waals surface area contributed by atoms with Gasteiger partial charge in [-0.3, -0.25) is 0 Å². The molecule has 0 fully saturated rings. The molecule has 0 aromatic rings. The molecule has 0 unspecified atom stereocenters. The van der Waals surface area contributed by atoms with Crippen LogP contribution in [0.4, 0.5) is 9.18 Å². The molecule has 3 heteroatoms. The van der Waals surface area contributed by atoms with Crippen molar-refractivity contribution in [1.29, 1.82) is 0 Å². The molecule has 10 heavy (non-hydrogen) atoms. The Labute approximate surface area is 58.0 Å². The molecular weight excluding hydrogens is 135 g/mol. The maximum Gasteiger partial charge on any atom is 0.500 e. The topological polar surface area (TPSA) is 26.3 Å². The maximum atomic E-state index is 11.6. The summed E-state index contributed by atoms with van der Waals surface area (Å²) >= 11 is 0. The third-order valence-corrected chi connectivity index (χ3v) is 1.16. The van der Waals surface area contributed by atoms with Gasteiger partial charge in [-0.15, -0.1) is 4.39 Å². The Hall–Kier alpha value is -1.12. The number of carbonyl (C=O) groups excluding carboxylic acids is 1. The zero-order valence-electron chi connectivity index (χ0n) is 5.34. The van der Waals surface area contributed by atoms with Gasteiger partial charge in [-0.25, -0.2) is 4.79 Å². The first-order chi connectivity index (χ1) is 4.79. The van der Waals surface area contributed by atoms with E-state index >= 15 is 0 Å². The molecule has 0 N–H and O–H groups in total. The summed E-state index contributed by atoms with van der Waals surface area (Å²) in [6.45, 7) is 0. The van der Waals surface area contributed by atoms with Crippen molar-refractivity contribution in [2.24, 2.45) is 0 Å². The number of halogens is 1. The third kappa shape index (κ3) is 2.01. The minimum Gasteiger partial charge on any atom is -0.401 e. The Morgan fingerprint density at radius 1 is 1.60 bits per heavy atom. The van der Waals surface area contributed by atoms with Gasteiger partial charge in [-0.1, -0.05) is 6.08 Å². The van der Waals surface area contributed by atoms with Gasteiger partial charge in [0.1, 0.15) is 5.76 Å². The third-order valence-electron chi connectivity index (χ3n) is 1.16. The number of rotatable bonds is 1. The minimum atomic E-state index is -1.75. The molecule has 0 amide bonds. The molecule has 2 nitrogen and oxygen atoms in total. The quantitative estimate of drug-likeness (QED) is 0.525. The van der Waals surface area contributed by atoms with Gasteiger partial charge in [0.15, 0.2) is 0 Å². The van der Waals surface area contributed by atoms with Crippen LogP contribution in [0.5, 0.6) is 0 Å². The van der Waals surface area contributed by atoms with Crippen LogP contribution in [-0.2, 0) is 4.74 Å². The Morgan fingerprint density at radius 2 is 2.40 bits per heavy atom. The molecule has 0 heterocycles. The van der Waals surface area contributed by atoms with Crippen molar-refractivity contribution in [3.05, 3.63) is 24.0 Å². The maximum absolute atomic E-state index is 11.6. The van der Waals surface area contributed by atoms with E-state index < -0.39 is 6.22 Å². The van der Waals surface area contributed by atoms with Crippen LogP contribution >= 0.6 is 0 Å². The van der Waals surface area contributed by atoms with Crippen molar-refractivity contribution in [1.82, 2.24) is 0 Å². The standard InChI is InChI=1S/C7H7FO2/c8-7(9)10-6-4-2-1-3-5-6/h2,4-5H,1,3H2. The molecule has 0 saturated heterocycles. The highest BCUT2D eigenvalue weighted by Gasteiger charge is 2.02. The molecule has 0 aromatic carbocycles. The zero-order chi connectivity index (χ0) is 7.40. The molecule has 0 saturated carbocycles. The zero-order valence-corrected chi connectivity index (χ0v) is 5.34. The summed E-state index contributed by atoms with van der Waals surface area (Å²) < 4.78 is 15.7. The molecular formula is C7H7FO2. The minimum absolute atomic E-state index is 0.304. The largest absolute Gasteiger partial charge is 0.500 e. The number of carbonyl (C=O) groups is 1. The summed E-state index contributed by atoms with van der Waals surface area (Å²) in [7, 11) is 0. The molecule has 1 rings (SSSR count).